The molecule has 1 aliphatic carbocycles. The summed E-state index contributed by atoms with van der Waals surface area (Å²) < 4.78 is 29.6. The van der Waals surface area contributed by atoms with Crippen LogP contribution >= 0.6 is 0 Å². The summed E-state index contributed by atoms with van der Waals surface area (Å²) in [4.78, 5) is 35.6. The van der Waals surface area contributed by atoms with E-state index in [0.717, 1.165) is 36.8 Å². The number of aliphatic hydroxyl groups excluding tert-OH is 1. The topological polar surface area (TPSA) is 156 Å². The highest BCUT2D eigenvalue weighted by Gasteiger charge is 2.41. The van der Waals surface area contributed by atoms with Gasteiger partial charge in [-0.1, -0.05) is 86.8 Å². The van der Waals surface area contributed by atoms with Crippen LogP contribution in [0.4, 0.5) is 4.79 Å². The summed E-state index contributed by atoms with van der Waals surface area (Å²) in [5, 5.41) is 26.9. The number of carbonyl (C=O) groups is 2. The van der Waals surface area contributed by atoms with Crippen LogP contribution in [0.1, 0.15) is 62.6 Å². The summed E-state index contributed by atoms with van der Waals surface area (Å²) in [6, 6.07) is 17.4. The van der Waals surface area contributed by atoms with E-state index in [4.69, 9.17) is 5.21 Å². The normalized spacial score (nSPS) is 18.0. The smallest absolute Gasteiger partial charge is 0.321 e. The second-order valence-electron chi connectivity index (χ2n) is 13.7. The van der Waals surface area contributed by atoms with E-state index in [-0.39, 0.29) is 48.2 Å². The number of nitrogens with one attached hydrogen (secondary N) is 1. The molecule has 5 rings (SSSR count). The van der Waals surface area contributed by atoms with E-state index in [1.807, 2.05) is 56.3 Å². The van der Waals surface area contributed by atoms with Gasteiger partial charge in [-0.2, -0.15) is 4.31 Å². The van der Waals surface area contributed by atoms with Crippen molar-refractivity contribution in [2.75, 3.05) is 26.2 Å². The molecule has 3 amide bonds. The maximum atomic E-state index is 14.3. The molecule has 1 saturated carbocycles. The molecule has 1 saturated heterocycles. The number of aliphatic hydroxyl groups is 1. The summed E-state index contributed by atoms with van der Waals surface area (Å²) in [7, 11) is -4.05. The highest BCUT2D eigenvalue weighted by atomic mass is 32.2. The highest BCUT2D eigenvalue weighted by Crippen LogP contribution is 2.29. The van der Waals surface area contributed by atoms with Gasteiger partial charge < -0.3 is 25.4 Å². The number of hydrogen-bond acceptors (Lipinski definition) is 8. The van der Waals surface area contributed by atoms with Crippen LogP contribution in [0.3, 0.4) is 0 Å². The van der Waals surface area contributed by atoms with Crippen LogP contribution in [0.2, 0.25) is 0 Å². The lowest BCUT2D eigenvalue weighted by atomic mass is 9.95. The molecule has 12 nitrogen and oxygen atoms in total. The lowest BCUT2D eigenvalue weighted by Crippen LogP contribution is -2.57. The second kappa shape index (κ2) is 17.7. The van der Waals surface area contributed by atoms with Gasteiger partial charge in [0, 0.05) is 45.1 Å². The van der Waals surface area contributed by atoms with Gasteiger partial charge in [0.05, 0.1) is 23.3 Å². The summed E-state index contributed by atoms with van der Waals surface area (Å²) >= 11 is 0. The van der Waals surface area contributed by atoms with Crippen LogP contribution in [0.5, 0.6) is 0 Å². The number of benzene rings is 2. The number of amides is 3. The van der Waals surface area contributed by atoms with Crippen molar-refractivity contribution in [2.24, 2.45) is 17.0 Å². The van der Waals surface area contributed by atoms with E-state index < -0.39 is 28.2 Å². The van der Waals surface area contributed by atoms with E-state index in [1.54, 1.807) is 34.3 Å². The molecule has 1 aliphatic heterocycles. The van der Waals surface area contributed by atoms with Gasteiger partial charge in [-0.25, -0.2) is 13.2 Å². The number of sulfonamides is 1. The Morgan fingerprint density at radius 1 is 1.06 bits per heavy atom. The minimum atomic E-state index is -4.05. The van der Waals surface area contributed by atoms with Gasteiger partial charge >= 0.3 is 6.03 Å². The van der Waals surface area contributed by atoms with E-state index in [2.05, 4.69) is 15.5 Å². The Labute approximate surface area is 301 Å². The average molecular weight is 719 g/mol. The van der Waals surface area contributed by atoms with Crippen molar-refractivity contribution >= 4 is 28.2 Å². The largest absolute Gasteiger partial charge is 0.411 e. The zero-order chi connectivity index (χ0) is 36.4. The Balaban J connectivity index is 1.39. The SMILES string of the molecule is CC[C@H](C)[C@@H](C(=O)N[C@@H](Cc1ccccc1)[C@@H](O)CN(CC1CCCC1)S(=O)(=O)c1ccc(C=NO)cc1)N1CCN(Cc2cccnc2)C1=O. The van der Waals surface area contributed by atoms with Gasteiger partial charge in [-0.15, -0.1) is 0 Å². The molecular formula is C38H50N6O6S. The van der Waals surface area contributed by atoms with Gasteiger partial charge in [0.1, 0.15) is 6.04 Å². The molecule has 4 atom stereocenters. The highest BCUT2D eigenvalue weighted by molar-refractivity contribution is 7.89. The Kier molecular flexibility index (Phi) is 13.2. The van der Waals surface area contributed by atoms with Gasteiger partial charge in [0.2, 0.25) is 15.9 Å². The maximum Gasteiger partial charge on any atom is 0.321 e. The Hall–Kier alpha value is -4.33. The first-order valence-corrected chi connectivity index (χ1v) is 19.3. The first-order chi connectivity index (χ1) is 24.6. The summed E-state index contributed by atoms with van der Waals surface area (Å²) in [6.07, 6.45) is 8.11. The van der Waals surface area contributed by atoms with Crippen LogP contribution in [-0.4, -0.2) is 100 Å². The molecule has 51 heavy (non-hydrogen) atoms. The number of carbonyl (C=O) groups excluding carboxylic acids is 2. The zero-order valence-corrected chi connectivity index (χ0v) is 30.2. The molecule has 274 valence electrons. The van der Waals surface area contributed by atoms with Crippen LogP contribution < -0.4 is 5.32 Å². The molecule has 2 heterocycles. The fraction of sp³-hybridized carbons (Fsp3) is 0.474. The standard InChI is InChI=1S/C38H50N6O6S/c1-3-28(2)36(44-21-20-42(38(44)47)25-32-14-9-19-39-23-32)37(46)41-34(22-29-10-5-4-6-11-29)35(45)27-43(26-31-12-7-8-13-31)51(49,50)33-17-15-30(16-18-33)24-40-48/h4-6,9-11,14-19,23-24,28,31,34-36,45,48H,3,7-8,12-13,20-22,25-27H2,1-2H3,(H,41,46)/t28-,34-,35-,36-/m0/s1. The molecule has 1 aromatic heterocycles. The predicted octanol–water partition coefficient (Wildman–Crippen LogP) is 4.51. The van der Waals surface area contributed by atoms with Crippen molar-refractivity contribution in [1.29, 1.82) is 0 Å². The quantitative estimate of drug-likeness (QED) is 0.105. The Morgan fingerprint density at radius 3 is 2.41 bits per heavy atom. The van der Waals surface area contributed by atoms with E-state index in [0.29, 0.717) is 31.6 Å². The van der Waals surface area contributed by atoms with Gasteiger partial charge in [0.25, 0.3) is 0 Å². The van der Waals surface area contributed by atoms with Crippen molar-refractivity contribution in [3.8, 4) is 0 Å². The third-order valence-electron chi connectivity index (χ3n) is 10.2. The minimum absolute atomic E-state index is 0.0617. The second-order valence-corrected chi connectivity index (χ2v) is 15.7. The molecule has 3 aromatic rings. The molecular weight excluding hydrogens is 669 g/mol. The van der Waals surface area contributed by atoms with E-state index >= 15 is 0 Å². The van der Waals surface area contributed by atoms with E-state index in [9.17, 15) is 23.1 Å². The molecule has 0 unspecified atom stereocenters. The summed E-state index contributed by atoms with van der Waals surface area (Å²) in [5.41, 5.74) is 2.31. The number of pyridine rings is 1. The average Bonchev–Trinajstić information content (AvgIpc) is 3.78. The molecule has 2 fully saturated rings. The minimum Gasteiger partial charge on any atom is -0.411 e. The van der Waals surface area contributed by atoms with E-state index in [1.165, 1.54) is 22.7 Å². The molecule has 0 bridgehead atoms. The van der Waals surface area contributed by atoms with Crippen molar-refractivity contribution in [3.05, 3.63) is 95.8 Å². The monoisotopic (exact) mass is 718 g/mol. The number of urea groups is 1. The van der Waals surface area contributed by atoms with Gasteiger partial charge in [0.15, 0.2) is 0 Å². The Bertz CT molecular complexity index is 1700. The summed E-state index contributed by atoms with van der Waals surface area (Å²) in [5.74, 6) is -0.410. The molecule has 2 aromatic carbocycles. The zero-order valence-electron chi connectivity index (χ0n) is 29.4. The Morgan fingerprint density at radius 2 is 1.76 bits per heavy atom. The fourth-order valence-corrected chi connectivity index (χ4v) is 8.63. The first kappa shape index (κ1) is 37.9. The third-order valence-corrected chi connectivity index (χ3v) is 12.0. The van der Waals surface area contributed by atoms with Crippen LogP contribution in [0.15, 0.2) is 89.2 Å². The lowest BCUT2D eigenvalue weighted by Gasteiger charge is -2.35. The van der Waals surface area contributed by atoms with Crippen molar-refractivity contribution in [2.45, 2.75) is 82.0 Å². The van der Waals surface area contributed by atoms with Gasteiger partial charge in [-0.05, 0) is 66.0 Å². The van der Waals surface area contributed by atoms with Crippen molar-refractivity contribution < 1.29 is 28.3 Å². The van der Waals surface area contributed by atoms with Crippen LogP contribution in [-0.2, 0) is 27.8 Å². The number of rotatable bonds is 17. The van der Waals surface area contributed by atoms with Gasteiger partial charge in [-0.3, -0.25) is 9.78 Å². The fourth-order valence-electron chi connectivity index (χ4n) is 7.10. The van der Waals surface area contributed by atoms with Crippen LogP contribution in [0, 0.1) is 11.8 Å². The predicted molar refractivity (Wildman–Crippen MR) is 195 cm³/mol. The molecule has 13 heteroatoms. The molecule has 3 N–H and O–H groups in total. The molecule has 2 aliphatic rings. The molecule has 0 radical (unpaired) electrons. The summed E-state index contributed by atoms with van der Waals surface area (Å²) in [6.45, 7) is 5.16. The lowest BCUT2D eigenvalue weighted by molar-refractivity contribution is -0.128. The maximum absolute atomic E-state index is 14.3. The molecule has 0 spiro atoms. The van der Waals surface area contributed by atoms with Crippen molar-refractivity contribution in [1.82, 2.24) is 24.4 Å². The number of nitrogens with zero attached hydrogens (tertiary/aromatic N) is 5. The first-order valence-electron chi connectivity index (χ1n) is 17.8. The number of aromatic nitrogens is 1. The third kappa shape index (κ3) is 9.72. The van der Waals surface area contributed by atoms with Crippen molar-refractivity contribution in [3.63, 3.8) is 0 Å². The van der Waals surface area contributed by atoms with Crippen LogP contribution in [0.25, 0.3) is 0 Å². The number of oxime groups is 1. The number of hydrogen-bond donors (Lipinski definition) is 3.